The molecule has 0 fully saturated rings. The highest BCUT2D eigenvalue weighted by Crippen LogP contribution is 2.44. The molecule has 0 spiro atoms. The van der Waals surface area contributed by atoms with E-state index in [0.717, 1.165) is 28.2 Å². The predicted molar refractivity (Wildman–Crippen MR) is 244 cm³/mol. The fourth-order valence-corrected chi connectivity index (χ4v) is 8.35. The smallest absolute Gasteiger partial charge is 0.0462 e. The molecule has 0 radical (unpaired) electrons. The van der Waals surface area contributed by atoms with Gasteiger partial charge in [0.15, 0.2) is 0 Å². The molecule has 0 unspecified atom stereocenters. The van der Waals surface area contributed by atoms with Gasteiger partial charge >= 0.3 is 0 Å². The lowest BCUT2D eigenvalue weighted by Crippen LogP contribution is -2.09. The first-order valence-electron chi connectivity index (χ1n) is 19.6. The Labute approximate surface area is 334 Å². The third kappa shape index (κ3) is 6.56. The fraction of sp³-hybridized carbons (Fsp3) is 0. The molecule has 57 heavy (non-hydrogen) atoms. The van der Waals surface area contributed by atoms with Gasteiger partial charge < -0.3 is 4.90 Å². The first kappa shape index (κ1) is 34.0. The van der Waals surface area contributed by atoms with Crippen molar-refractivity contribution in [2.24, 2.45) is 0 Å². The van der Waals surface area contributed by atoms with E-state index >= 15 is 0 Å². The highest BCUT2D eigenvalue weighted by Gasteiger charge is 2.17. The number of nitrogens with zero attached hydrogens (tertiary/aromatic N) is 1. The van der Waals surface area contributed by atoms with Crippen LogP contribution in [0, 0.1) is 0 Å². The van der Waals surface area contributed by atoms with E-state index in [9.17, 15) is 0 Å². The highest BCUT2D eigenvalue weighted by molar-refractivity contribution is 6.21. The Kier molecular flexibility index (Phi) is 8.95. The monoisotopic (exact) mass is 725 g/mol. The summed E-state index contributed by atoms with van der Waals surface area (Å²) in [4.78, 5) is 2.30. The molecule has 0 N–H and O–H groups in total. The minimum absolute atomic E-state index is 1.11. The zero-order valence-electron chi connectivity index (χ0n) is 31.5. The van der Waals surface area contributed by atoms with E-state index in [4.69, 9.17) is 0 Å². The van der Waals surface area contributed by atoms with Crippen LogP contribution in [0.3, 0.4) is 0 Å². The summed E-state index contributed by atoms with van der Waals surface area (Å²) in [6.45, 7) is 0. The van der Waals surface area contributed by atoms with Crippen LogP contribution in [-0.2, 0) is 0 Å². The van der Waals surface area contributed by atoms with Crippen LogP contribution in [0.4, 0.5) is 17.1 Å². The van der Waals surface area contributed by atoms with E-state index in [1.807, 2.05) is 0 Å². The topological polar surface area (TPSA) is 3.24 Å². The molecule has 0 aliphatic heterocycles. The molecular formula is C56H39N. The SMILES string of the molecule is C(=C(c1ccccc1)c1ccc(N(c2ccccc2)c2ccccc2)cc1)c1ccc(-c2c3ccccc3c(-c3ccc4ccccc4c3)c3ccccc23)cc1. The summed E-state index contributed by atoms with van der Waals surface area (Å²) in [6, 6.07) is 83.1. The second-order valence-corrected chi connectivity index (χ2v) is 14.5. The first-order chi connectivity index (χ1) is 28.3. The number of para-hydroxylation sites is 2. The van der Waals surface area contributed by atoms with Crippen LogP contribution in [0.25, 0.3) is 66.2 Å². The molecule has 1 nitrogen and oxygen atoms in total. The van der Waals surface area contributed by atoms with Gasteiger partial charge in [0.25, 0.3) is 0 Å². The first-order valence-corrected chi connectivity index (χ1v) is 19.6. The Morgan fingerprint density at radius 1 is 0.316 bits per heavy atom. The third-order valence-electron chi connectivity index (χ3n) is 11.0. The van der Waals surface area contributed by atoms with Gasteiger partial charge in [-0.2, -0.15) is 0 Å². The molecule has 0 heterocycles. The van der Waals surface area contributed by atoms with Crippen LogP contribution in [-0.4, -0.2) is 0 Å². The summed E-state index contributed by atoms with van der Waals surface area (Å²) < 4.78 is 0. The Morgan fingerprint density at radius 3 is 1.30 bits per heavy atom. The molecule has 0 amide bonds. The van der Waals surface area contributed by atoms with Crippen LogP contribution in [0.2, 0.25) is 0 Å². The van der Waals surface area contributed by atoms with Gasteiger partial charge in [0, 0.05) is 17.1 Å². The van der Waals surface area contributed by atoms with E-state index in [1.165, 1.54) is 65.7 Å². The summed E-state index contributed by atoms with van der Waals surface area (Å²) in [5.74, 6) is 0. The van der Waals surface area contributed by atoms with Crippen molar-refractivity contribution in [3.05, 3.63) is 247 Å². The number of rotatable bonds is 8. The van der Waals surface area contributed by atoms with Crippen LogP contribution >= 0.6 is 0 Å². The summed E-state index contributed by atoms with van der Waals surface area (Å²) in [6.07, 6.45) is 2.32. The van der Waals surface area contributed by atoms with Crippen LogP contribution in [0.1, 0.15) is 16.7 Å². The van der Waals surface area contributed by atoms with Crippen LogP contribution < -0.4 is 4.90 Å². The van der Waals surface area contributed by atoms with Crippen LogP contribution in [0.5, 0.6) is 0 Å². The normalized spacial score (nSPS) is 11.6. The van der Waals surface area contributed by atoms with Gasteiger partial charge in [-0.3, -0.25) is 0 Å². The van der Waals surface area contributed by atoms with E-state index in [2.05, 4.69) is 241 Å². The third-order valence-corrected chi connectivity index (χ3v) is 11.0. The molecule has 0 aromatic heterocycles. The summed E-state index contributed by atoms with van der Waals surface area (Å²) >= 11 is 0. The van der Waals surface area contributed by atoms with Gasteiger partial charge in [-0.25, -0.2) is 0 Å². The van der Waals surface area contributed by atoms with Crippen molar-refractivity contribution >= 4 is 61.0 Å². The quantitative estimate of drug-likeness (QED) is 0.111. The van der Waals surface area contributed by atoms with Crippen molar-refractivity contribution in [2.75, 3.05) is 4.90 Å². The average Bonchev–Trinajstić information content (AvgIpc) is 3.29. The summed E-state index contributed by atoms with van der Waals surface area (Å²) in [5.41, 5.74) is 13.0. The van der Waals surface area contributed by atoms with Crippen LogP contribution in [0.15, 0.2) is 231 Å². The van der Waals surface area contributed by atoms with Crippen molar-refractivity contribution in [2.45, 2.75) is 0 Å². The van der Waals surface area contributed by atoms with E-state index in [0.29, 0.717) is 0 Å². The second-order valence-electron chi connectivity index (χ2n) is 14.5. The molecular weight excluding hydrogens is 687 g/mol. The molecule has 0 aliphatic carbocycles. The van der Waals surface area contributed by atoms with E-state index in [-0.39, 0.29) is 0 Å². The lowest BCUT2D eigenvalue weighted by atomic mass is 9.85. The van der Waals surface area contributed by atoms with Crippen molar-refractivity contribution < 1.29 is 0 Å². The van der Waals surface area contributed by atoms with Crippen molar-refractivity contribution in [3.8, 4) is 22.3 Å². The van der Waals surface area contributed by atoms with Gasteiger partial charge in [-0.1, -0.05) is 188 Å². The summed E-state index contributed by atoms with van der Waals surface area (Å²) in [5, 5.41) is 7.55. The molecule has 0 bridgehead atoms. The largest absolute Gasteiger partial charge is 0.311 e. The average molecular weight is 726 g/mol. The molecule has 0 aliphatic rings. The highest BCUT2D eigenvalue weighted by atomic mass is 15.1. The fourth-order valence-electron chi connectivity index (χ4n) is 8.35. The molecule has 0 saturated heterocycles. The van der Waals surface area contributed by atoms with Gasteiger partial charge in [0.2, 0.25) is 0 Å². The van der Waals surface area contributed by atoms with Crippen molar-refractivity contribution in [1.82, 2.24) is 0 Å². The maximum Gasteiger partial charge on any atom is 0.0462 e. The molecule has 10 aromatic carbocycles. The molecule has 0 saturated carbocycles. The minimum Gasteiger partial charge on any atom is -0.311 e. The Morgan fingerprint density at radius 2 is 0.737 bits per heavy atom. The molecule has 1 heteroatoms. The van der Waals surface area contributed by atoms with Gasteiger partial charge in [0.05, 0.1) is 0 Å². The Bertz CT molecular complexity index is 2920. The molecule has 268 valence electrons. The number of hydrogen-bond donors (Lipinski definition) is 0. The van der Waals surface area contributed by atoms with Gasteiger partial charge in [-0.05, 0) is 125 Å². The molecule has 10 aromatic rings. The predicted octanol–water partition coefficient (Wildman–Crippen LogP) is 15.5. The number of anilines is 3. The molecule has 10 rings (SSSR count). The maximum atomic E-state index is 2.34. The summed E-state index contributed by atoms with van der Waals surface area (Å²) in [7, 11) is 0. The standard InChI is InChI=1S/C56H39N/c1-4-17-42(18-5-1)54(43-34-36-49(37-35-43)57(47-20-6-2-7-21-47)48-22-8-3-9-23-48)38-40-28-30-44(31-29-40)55-50-24-12-14-26-52(50)56(53-27-15-13-25-51(53)55)46-33-32-41-16-10-11-19-45(41)39-46/h1-39H. The number of fused-ring (bicyclic) bond motifs is 3. The maximum absolute atomic E-state index is 2.34. The van der Waals surface area contributed by atoms with Crippen molar-refractivity contribution in [3.63, 3.8) is 0 Å². The Balaban J connectivity index is 1.06. The lowest BCUT2D eigenvalue weighted by molar-refractivity contribution is 1.28. The van der Waals surface area contributed by atoms with Gasteiger partial charge in [0.1, 0.15) is 0 Å². The minimum atomic E-state index is 1.11. The number of hydrogen-bond acceptors (Lipinski definition) is 1. The van der Waals surface area contributed by atoms with Crippen molar-refractivity contribution in [1.29, 1.82) is 0 Å². The van der Waals surface area contributed by atoms with E-state index < -0.39 is 0 Å². The Hall–Kier alpha value is -7.48. The number of benzene rings is 10. The lowest BCUT2D eigenvalue weighted by Gasteiger charge is -2.25. The zero-order chi connectivity index (χ0) is 38.0. The molecule has 0 atom stereocenters. The zero-order valence-corrected chi connectivity index (χ0v) is 31.5. The second kappa shape index (κ2) is 15.0. The van der Waals surface area contributed by atoms with Gasteiger partial charge in [-0.15, -0.1) is 0 Å². The van der Waals surface area contributed by atoms with E-state index in [1.54, 1.807) is 0 Å².